The molecule has 0 fully saturated rings. The van der Waals surface area contributed by atoms with Crippen LogP contribution in [0.25, 0.3) is 0 Å². The Morgan fingerprint density at radius 3 is 2.93 bits per heavy atom. The monoisotopic (exact) mass is 222 g/mol. The molecule has 0 radical (unpaired) electrons. The number of benzene rings is 1. The van der Waals surface area contributed by atoms with Crippen molar-refractivity contribution in [3.05, 3.63) is 45.7 Å². The number of hydrogen-bond donors (Lipinski definition) is 0. The van der Waals surface area contributed by atoms with Crippen LogP contribution >= 0.6 is 23.1 Å². The first-order valence-corrected chi connectivity index (χ1v) is 5.56. The third-order valence-corrected chi connectivity index (χ3v) is 3.39. The largest absolute Gasteiger partial charge is 0.208 e. The molecule has 0 aliphatic heterocycles. The molecule has 70 valence electrons. The summed E-state index contributed by atoms with van der Waals surface area (Å²) in [6.07, 6.45) is 1.04. The Morgan fingerprint density at radius 2 is 2.21 bits per heavy atom. The van der Waals surface area contributed by atoms with Crippen molar-refractivity contribution in [1.29, 1.82) is 0 Å². The maximum absolute atomic E-state index is 5.76. The molecule has 14 heavy (non-hydrogen) atoms. The van der Waals surface area contributed by atoms with Gasteiger partial charge in [-0.2, -0.15) is 4.37 Å². The molecular formula is C10H7ClN2S. The van der Waals surface area contributed by atoms with E-state index in [0.717, 1.165) is 12.2 Å². The lowest BCUT2D eigenvalue weighted by molar-refractivity contribution is 0.672. The first-order valence-electron chi connectivity index (χ1n) is 4.41. The van der Waals surface area contributed by atoms with Crippen molar-refractivity contribution in [2.24, 2.45) is 0 Å². The lowest BCUT2D eigenvalue weighted by atomic mass is 9.77. The van der Waals surface area contributed by atoms with Gasteiger partial charge in [0, 0.05) is 5.92 Å². The third kappa shape index (κ3) is 1.16. The van der Waals surface area contributed by atoms with Crippen molar-refractivity contribution < 1.29 is 0 Å². The molecule has 1 heterocycles. The Balaban J connectivity index is 1.99. The van der Waals surface area contributed by atoms with E-state index in [1.54, 1.807) is 0 Å². The van der Waals surface area contributed by atoms with E-state index < -0.39 is 0 Å². The van der Waals surface area contributed by atoms with Crippen LogP contribution in [0, 0.1) is 0 Å². The van der Waals surface area contributed by atoms with Gasteiger partial charge in [0.25, 0.3) is 0 Å². The Bertz CT molecular complexity index is 480. The lowest BCUT2D eigenvalue weighted by Gasteiger charge is -2.27. The van der Waals surface area contributed by atoms with Crippen molar-refractivity contribution in [2.75, 3.05) is 0 Å². The number of nitrogens with zero attached hydrogens (tertiary/aromatic N) is 2. The summed E-state index contributed by atoms with van der Waals surface area (Å²) >= 11 is 7.02. The molecule has 4 heteroatoms. The van der Waals surface area contributed by atoms with E-state index in [9.17, 15) is 0 Å². The van der Waals surface area contributed by atoms with Crippen LogP contribution in [0.1, 0.15) is 22.9 Å². The molecule has 2 nitrogen and oxygen atoms in total. The quantitative estimate of drug-likeness (QED) is 0.742. The van der Waals surface area contributed by atoms with Crippen LogP contribution in [0.4, 0.5) is 0 Å². The van der Waals surface area contributed by atoms with E-state index in [-0.39, 0.29) is 0 Å². The average molecular weight is 223 g/mol. The summed E-state index contributed by atoms with van der Waals surface area (Å²) in [6.45, 7) is 0. The van der Waals surface area contributed by atoms with Gasteiger partial charge in [0.15, 0.2) is 5.82 Å². The molecule has 1 aromatic carbocycles. The van der Waals surface area contributed by atoms with E-state index in [1.807, 2.05) is 0 Å². The molecule has 1 aromatic heterocycles. The molecule has 1 unspecified atom stereocenters. The zero-order valence-electron chi connectivity index (χ0n) is 7.27. The number of rotatable bonds is 1. The summed E-state index contributed by atoms with van der Waals surface area (Å²) in [4.78, 5) is 4.20. The van der Waals surface area contributed by atoms with Crippen molar-refractivity contribution >= 4 is 23.1 Å². The fourth-order valence-corrected chi connectivity index (χ4v) is 2.51. The van der Waals surface area contributed by atoms with E-state index in [4.69, 9.17) is 11.6 Å². The van der Waals surface area contributed by atoms with Crippen LogP contribution in [0.15, 0.2) is 24.3 Å². The molecule has 0 saturated heterocycles. The van der Waals surface area contributed by atoms with Crippen LogP contribution in [-0.4, -0.2) is 9.36 Å². The zero-order chi connectivity index (χ0) is 9.54. The van der Waals surface area contributed by atoms with Crippen LogP contribution < -0.4 is 0 Å². The van der Waals surface area contributed by atoms with E-state index in [0.29, 0.717) is 10.4 Å². The first-order chi connectivity index (χ1) is 6.84. The number of hydrogen-bond acceptors (Lipinski definition) is 3. The second-order valence-corrected chi connectivity index (χ2v) is 4.70. The van der Waals surface area contributed by atoms with Crippen LogP contribution in [-0.2, 0) is 6.42 Å². The molecule has 3 rings (SSSR count). The molecule has 0 spiro atoms. The first kappa shape index (κ1) is 8.38. The molecular weight excluding hydrogens is 216 g/mol. The predicted octanol–water partition coefficient (Wildman–Crippen LogP) is 2.88. The van der Waals surface area contributed by atoms with Crippen molar-refractivity contribution in [1.82, 2.24) is 9.36 Å². The standard InChI is InChI=1S/C10H7ClN2S/c11-10-12-9(13-14-10)8-5-6-3-1-2-4-7(6)8/h1-4,8H,5H2. The maximum atomic E-state index is 5.76. The molecule has 0 bridgehead atoms. The maximum Gasteiger partial charge on any atom is 0.203 e. The smallest absolute Gasteiger partial charge is 0.203 e. The Hall–Kier alpha value is -0.930. The van der Waals surface area contributed by atoms with Gasteiger partial charge in [-0.25, -0.2) is 4.98 Å². The van der Waals surface area contributed by atoms with Crippen molar-refractivity contribution in [2.45, 2.75) is 12.3 Å². The fraction of sp³-hybridized carbons (Fsp3) is 0.200. The highest BCUT2D eigenvalue weighted by atomic mass is 35.5. The average Bonchev–Trinajstić information content (AvgIpc) is 2.54. The number of halogens is 1. The minimum absolute atomic E-state index is 0.370. The van der Waals surface area contributed by atoms with Gasteiger partial charge < -0.3 is 0 Å². The van der Waals surface area contributed by atoms with Gasteiger partial charge in [0.2, 0.25) is 4.47 Å². The Morgan fingerprint density at radius 1 is 1.36 bits per heavy atom. The normalized spacial score (nSPS) is 18.8. The summed E-state index contributed by atoms with van der Waals surface area (Å²) in [5.74, 6) is 1.24. The molecule has 2 aromatic rings. The molecule has 0 saturated carbocycles. The van der Waals surface area contributed by atoms with E-state index in [2.05, 4.69) is 33.6 Å². The number of aromatic nitrogens is 2. The summed E-state index contributed by atoms with van der Waals surface area (Å²) in [6, 6.07) is 8.41. The predicted molar refractivity (Wildman–Crippen MR) is 56.9 cm³/mol. The number of fused-ring (bicyclic) bond motifs is 1. The summed E-state index contributed by atoms with van der Waals surface area (Å²) < 4.78 is 4.77. The van der Waals surface area contributed by atoms with E-state index >= 15 is 0 Å². The highest BCUT2D eigenvalue weighted by Crippen LogP contribution is 2.39. The van der Waals surface area contributed by atoms with Crippen molar-refractivity contribution in [3.8, 4) is 0 Å². The summed E-state index contributed by atoms with van der Waals surface area (Å²) in [5.41, 5.74) is 2.75. The van der Waals surface area contributed by atoms with Crippen LogP contribution in [0.2, 0.25) is 4.47 Å². The highest BCUT2D eigenvalue weighted by molar-refractivity contribution is 7.10. The lowest BCUT2D eigenvalue weighted by Crippen LogP contribution is -2.18. The molecule has 0 amide bonds. The zero-order valence-corrected chi connectivity index (χ0v) is 8.85. The third-order valence-electron chi connectivity index (χ3n) is 2.58. The van der Waals surface area contributed by atoms with Crippen LogP contribution in [0.3, 0.4) is 0 Å². The van der Waals surface area contributed by atoms with Gasteiger partial charge in [-0.15, -0.1) is 0 Å². The second-order valence-electron chi connectivity index (χ2n) is 3.36. The Kier molecular flexibility index (Phi) is 1.82. The minimum atomic E-state index is 0.370. The van der Waals surface area contributed by atoms with E-state index in [1.165, 1.54) is 22.7 Å². The molecule has 0 N–H and O–H groups in total. The van der Waals surface area contributed by atoms with Gasteiger partial charge >= 0.3 is 0 Å². The van der Waals surface area contributed by atoms with Crippen molar-refractivity contribution in [3.63, 3.8) is 0 Å². The molecule has 1 aliphatic carbocycles. The molecule has 1 aliphatic rings. The SMILES string of the molecule is Clc1nc(C2Cc3ccccc32)ns1. The van der Waals surface area contributed by atoms with Gasteiger partial charge in [0.1, 0.15) is 0 Å². The second kappa shape index (κ2) is 3.04. The fourth-order valence-electron chi connectivity index (χ4n) is 1.85. The van der Waals surface area contributed by atoms with Crippen LogP contribution in [0.5, 0.6) is 0 Å². The van der Waals surface area contributed by atoms with Gasteiger partial charge in [0.05, 0.1) is 0 Å². The highest BCUT2D eigenvalue weighted by Gasteiger charge is 2.29. The minimum Gasteiger partial charge on any atom is -0.208 e. The van der Waals surface area contributed by atoms with Gasteiger partial charge in [-0.05, 0) is 40.7 Å². The summed E-state index contributed by atoms with van der Waals surface area (Å²) in [5, 5.41) is 0. The topological polar surface area (TPSA) is 25.8 Å². The van der Waals surface area contributed by atoms with Gasteiger partial charge in [-0.3, -0.25) is 0 Å². The molecule has 1 atom stereocenters. The Labute approximate surface area is 90.7 Å². The van der Waals surface area contributed by atoms with Gasteiger partial charge in [-0.1, -0.05) is 24.3 Å². The summed E-state index contributed by atoms with van der Waals surface area (Å²) in [7, 11) is 0.